The van der Waals surface area contributed by atoms with E-state index in [2.05, 4.69) is 5.32 Å². The van der Waals surface area contributed by atoms with E-state index < -0.39 is 24.5 Å². The summed E-state index contributed by atoms with van der Waals surface area (Å²) in [7, 11) is 0. The molecule has 1 saturated carbocycles. The largest absolute Gasteiger partial charge is 0.451 e. The number of anilines is 1. The van der Waals surface area contributed by atoms with Crippen molar-refractivity contribution in [3.8, 4) is 0 Å². The molecule has 0 bridgehead atoms. The number of rotatable bonds is 6. The van der Waals surface area contributed by atoms with Crippen LogP contribution >= 0.6 is 0 Å². The normalized spacial score (nSPS) is 22.1. The lowest BCUT2D eigenvalue weighted by molar-refractivity contribution is -0.158. The maximum absolute atomic E-state index is 12.4. The van der Waals surface area contributed by atoms with Gasteiger partial charge in [0.15, 0.2) is 11.9 Å². The predicted octanol–water partition coefficient (Wildman–Crippen LogP) is 1.93. The molecule has 0 radical (unpaired) electrons. The van der Waals surface area contributed by atoms with Gasteiger partial charge in [0.05, 0.1) is 11.8 Å². The van der Waals surface area contributed by atoms with Gasteiger partial charge in [0.2, 0.25) is 11.8 Å². The van der Waals surface area contributed by atoms with Crippen LogP contribution in [0, 0.1) is 11.8 Å². The van der Waals surface area contributed by atoms with Gasteiger partial charge in [0.25, 0.3) is 5.91 Å². The molecule has 0 unspecified atom stereocenters. The molecule has 8 heteroatoms. The number of ketones is 1. The van der Waals surface area contributed by atoms with Crippen LogP contribution in [0.2, 0.25) is 0 Å². The van der Waals surface area contributed by atoms with Crippen molar-refractivity contribution in [1.82, 2.24) is 4.90 Å². The van der Waals surface area contributed by atoms with Gasteiger partial charge in [-0.3, -0.25) is 28.9 Å². The zero-order chi connectivity index (χ0) is 21.1. The summed E-state index contributed by atoms with van der Waals surface area (Å²) in [5.41, 5.74) is 0.972. The van der Waals surface area contributed by atoms with Crippen molar-refractivity contribution in [2.24, 2.45) is 11.8 Å². The maximum Gasteiger partial charge on any atom is 0.326 e. The van der Waals surface area contributed by atoms with Gasteiger partial charge in [-0.15, -0.1) is 0 Å². The molecular formula is C21H24N2O6. The standard InChI is InChI=1S/C21H24N2O6/c1-12(24)14-7-9-15(10-8-14)22-19(26)13(2)29-18(25)11-23-20(27)16-5-3-4-6-17(16)21(23)28/h7-10,13,16-17H,3-6,11H2,1-2H3,(H,22,26)/t13-,16-,17-/m0/s1. The third-order valence-electron chi connectivity index (χ3n) is 5.46. The van der Waals surface area contributed by atoms with Crippen molar-refractivity contribution >= 4 is 35.2 Å². The van der Waals surface area contributed by atoms with E-state index in [-0.39, 0.29) is 29.4 Å². The van der Waals surface area contributed by atoms with E-state index in [9.17, 15) is 24.0 Å². The fraction of sp³-hybridized carbons (Fsp3) is 0.476. The summed E-state index contributed by atoms with van der Waals surface area (Å²) in [5.74, 6) is -2.75. The Morgan fingerprint density at radius 3 is 2.14 bits per heavy atom. The Morgan fingerprint density at radius 2 is 1.62 bits per heavy atom. The highest BCUT2D eigenvalue weighted by atomic mass is 16.5. The smallest absolute Gasteiger partial charge is 0.326 e. The molecule has 1 aromatic rings. The number of nitrogens with zero attached hydrogens (tertiary/aromatic N) is 1. The van der Waals surface area contributed by atoms with Crippen molar-refractivity contribution in [3.05, 3.63) is 29.8 Å². The topological polar surface area (TPSA) is 110 Å². The summed E-state index contributed by atoms with van der Waals surface area (Å²) in [6.07, 6.45) is 2.04. The fourth-order valence-corrected chi connectivity index (χ4v) is 3.84. The number of nitrogens with one attached hydrogen (secondary N) is 1. The minimum atomic E-state index is -1.11. The van der Waals surface area contributed by atoms with Gasteiger partial charge in [0.1, 0.15) is 6.54 Å². The van der Waals surface area contributed by atoms with Crippen LogP contribution in [0.5, 0.6) is 0 Å². The van der Waals surface area contributed by atoms with Crippen LogP contribution in [-0.4, -0.2) is 47.0 Å². The molecule has 0 aromatic heterocycles. The molecule has 8 nitrogen and oxygen atoms in total. The van der Waals surface area contributed by atoms with E-state index in [4.69, 9.17) is 4.74 Å². The van der Waals surface area contributed by atoms with Crippen molar-refractivity contribution < 1.29 is 28.7 Å². The molecule has 1 saturated heterocycles. The molecule has 1 aliphatic carbocycles. The first-order valence-electron chi connectivity index (χ1n) is 9.74. The number of benzene rings is 1. The second kappa shape index (κ2) is 8.55. The molecule has 2 fully saturated rings. The minimum absolute atomic E-state index is 0.0870. The third kappa shape index (κ3) is 4.52. The first-order chi connectivity index (χ1) is 13.8. The lowest BCUT2D eigenvalue weighted by Gasteiger charge is -2.19. The highest BCUT2D eigenvalue weighted by molar-refractivity contribution is 6.07. The second-order valence-electron chi connectivity index (χ2n) is 7.51. The molecule has 1 aliphatic heterocycles. The number of esters is 1. The number of imide groups is 1. The monoisotopic (exact) mass is 400 g/mol. The van der Waals surface area contributed by atoms with Crippen molar-refractivity contribution in [2.45, 2.75) is 45.6 Å². The van der Waals surface area contributed by atoms with Crippen molar-refractivity contribution in [1.29, 1.82) is 0 Å². The molecule has 3 atom stereocenters. The summed E-state index contributed by atoms with van der Waals surface area (Å²) in [6, 6.07) is 6.32. The van der Waals surface area contributed by atoms with Crippen LogP contribution in [-0.2, 0) is 23.9 Å². The first-order valence-corrected chi connectivity index (χ1v) is 9.74. The molecule has 2 aliphatic rings. The molecule has 1 N–H and O–H groups in total. The average Bonchev–Trinajstić information content (AvgIpc) is 2.93. The Balaban J connectivity index is 1.53. The predicted molar refractivity (Wildman–Crippen MR) is 103 cm³/mol. The highest BCUT2D eigenvalue weighted by Crippen LogP contribution is 2.37. The summed E-state index contributed by atoms with van der Waals surface area (Å²) < 4.78 is 5.11. The van der Waals surface area contributed by atoms with E-state index in [1.807, 2.05) is 0 Å². The third-order valence-corrected chi connectivity index (χ3v) is 5.46. The summed E-state index contributed by atoms with van der Waals surface area (Å²) >= 11 is 0. The number of carbonyl (C=O) groups excluding carboxylic acids is 5. The van der Waals surface area contributed by atoms with Gasteiger partial charge < -0.3 is 10.1 Å². The van der Waals surface area contributed by atoms with E-state index in [0.29, 0.717) is 24.1 Å². The van der Waals surface area contributed by atoms with Gasteiger partial charge in [-0.05, 0) is 51.0 Å². The molecule has 3 rings (SSSR count). The van der Waals surface area contributed by atoms with Gasteiger partial charge >= 0.3 is 5.97 Å². The summed E-state index contributed by atoms with van der Waals surface area (Å²) in [5, 5.41) is 2.59. The van der Waals surface area contributed by atoms with Crippen LogP contribution < -0.4 is 5.32 Å². The zero-order valence-electron chi connectivity index (χ0n) is 16.5. The number of ether oxygens (including phenoxy) is 1. The average molecular weight is 400 g/mol. The SMILES string of the molecule is CC(=O)c1ccc(NC(=O)[C@H](C)OC(=O)CN2C(=O)[C@H]3CCCC[C@@H]3C2=O)cc1. The second-order valence-corrected chi connectivity index (χ2v) is 7.51. The molecule has 0 spiro atoms. The number of Topliss-reactive ketones (excluding diaryl/α,β-unsaturated/α-hetero) is 1. The Bertz CT molecular complexity index is 823. The Morgan fingerprint density at radius 1 is 1.07 bits per heavy atom. The number of fused-ring (bicyclic) bond motifs is 1. The zero-order valence-corrected chi connectivity index (χ0v) is 16.5. The van der Waals surface area contributed by atoms with Gasteiger partial charge in [-0.1, -0.05) is 12.8 Å². The van der Waals surface area contributed by atoms with E-state index >= 15 is 0 Å². The van der Waals surface area contributed by atoms with Crippen LogP contribution in [0.15, 0.2) is 24.3 Å². The number of likely N-dealkylation sites (tertiary alicyclic amines) is 1. The fourth-order valence-electron chi connectivity index (χ4n) is 3.84. The number of carbonyl (C=O) groups is 5. The Kier molecular flexibility index (Phi) is 6.10. The molecular weight excluding hydrogens is 376 g/mol. The van der Waals surface area contributed by atoms with Crippen molar-refractivity contribution in [2.75, 3.05) is 11.9 Å². The van der Waals surface area contributed by atoms with Crippen molar-refractivity contribution in [3.63, 3.8) is 0 Å². The minimum Gasteiger partial charge on any atom is -0.451 e. The van der Waals surface area contributed by atoms with Gasteiger partial charge in [0, 0.05) is 11.3 Å². The Labute approximate surface area is 168 Å². The molecule has 3 amide bonds. The highest BCUT2D eigenvalue weighted by Gasteiger charge is 2.48. The summed E-state index contributed by atoms with van der Waals surface area (Å²) in [4.78, 5) is 61.5. The quantitative estimate of drug-likeness (QED) is 0.444. The maximum atomic E-state index is 12.4. The number of amides is 3. The lowest BCUT2D eigenvalue weighted by Crippen LogP contribution is -2.39. The van der Waals surface area contributed by atoms with Crippen LogP contribution in [0.3, 0.4) is 0 Å². The van der Waals surface area contributed by atoms with E-state index in [0.717, 1.165) is 17.7 Å². The lowest BCUT2D eigenvalue weighted by atomic mass is 9.81. The van der Waals surface area contributed by atoms with Gasteiger partial charge in [-0.2, -0.15) is 0 Å². The number of hydrogen-bond acceptors (Lipinski definition) is 6. The van der Waals surface area contributed by atoms with E-state index in [1.54, 1.807) is 24.3 Å². The first kappa shape index (κ1) is 20.7. The van der Waals surface area contributed by atoms with Crippen LogP contribution in [0.1, 0.15) is 49.9 Å². The molecule has 154 valence electrons. The van der Waals surface area contributed by atoms with Crippen LogP contribution in [0.25, 0.3) is 0 Å². The molecule has 1 heterocycles. The summed E-state index contributed by atoms with van der Waals surface area (Å²) in [6.45, 7) is 2.38. The molecule has 29 heavy (non-hydrogen) atoms. The van der Waals surface area contributed by atoms with Crippen LogP contribution in [0.4, 0.5) is 5.69 Å². The number of hydrogen-bond donors (Lipinski definition) is 1. The molecule has 1 aromatic carbocycles. The van der Waals surface area contributed by atoms with E-state index in [1.165, 1.54) is 13.8 Å². The Hall–Kier alpha value is -3.03. The van der Waals surface area contributed by atoms with Gasteiger partial charge in [-0.25, -0.2) is 0 Å².